The van der Waals surface area contributed by atoms with Crippen LogP contribution in [0.5, 0.6) is 0 Å². The van der Waals surface area contributed by atoms with Crippen LogP contribution in [-0.2, 0) is 16.1 Å². The monoisotopic (exact) mass is 340 g/mol. The third-order valence-corrected chi connectivity index (χ3v) is 3.59. The van der Waals surface area contributed by atoms with Crippen LogP contribution in [0.1, 0.15) is 18.2 Å². The molecule has 0 radical (unpaired) electrons. The number of amides is 1. The molecule has 1 rings (SSSR count). The summed E-state index contributed by atoms with van der Waals surface area (Å²) in [4.78, 5) is 25.0. The van der Waals surface area contributed by atoms with Gasteiger partial charge in [0, 0.05) is 4.88 Å². The van der Waals surface area contributed by atoms with E-state index in [0.717, 1.165) is 11.3 Å². The first kappa shape index (κ1) is 19.2. The van der Waals surface area contributed by atoms with Crippen LogP contribution in [0.3, 0.4) is 0 Å². The van der Waals surface area contributed by atoms with Crippen LogP contribution in [0.2, 0.25) is 4.34 Å². The number of nitrogens with one attached hydrogen (secondary N) is 1. The Bertz CT molecular complexity index is 440. The fourth-order valence-corrected chi connectivity index (χ4v) is 2.64. The van der Waals surface area contributed by atoms with Crippen molar-refractivity contribution in [2.45, 2.75) is 19.9 Å². The molecule has 1 aromatic rings. The van der Waals surface area contributed by atoms with E-state index >= 15 is 0 Å². The molecule has 1 amide bonds. The van der Waals surface area contributed by atoms with E-state index in [1.807, 2.05) is 13.0 Å². The summed E-state index contributed by atoms with van der Waals surface area (Å²) in [5.41, 5.74) is 0. The number of rotatable bonds is 8. The Morgan fingerprint density at radius 1 is 1.40 bits per heavy atom. The highest BCUT2D eigenvalue weighted by Crippen LogP contribution is 2.20. The predicted molar refractivity (Wildman–Crippen MR) is 82.8 cm³/mol. The molecule has 114 valence electrons. The van der Waals surface area contributed by atoms with Crippen molar-refractivity contribution in [1.29, 1.82) is 0 Å². The van der Waals surface area contributed by atoms with E-state index in [9.17, 15) is 9.59 Å². The summed E-state index contributed by atoms with van der Waals surface area (Å²) in [7, 11) is 0. The van der Waals surface area contributed by atoms with Crippen LogP contribution in [0.4, 0.5) is 0 Å². The normalized spacial score (nSPS) is 10.2. The molecule has 0 aliphatic heterocycles. The highest BCUT2D eigenvalue weighted by molar-refractivity contribution is 7.16. The maximum Gasteiger partial charge on any atom is 0.317 e. The number of carboxylic acids is 1. The Kier molecular flexibility index (Phi) is 9.58. The number of halogens is 2. The molecule has 0 unspecified atom stereocenters. The van der Waals surface area contributed by atoms with Crippen molar-refractivity contribution in [3.8, 4) is 0 Å². The summed E-state index contributed by atoms with van der Waals surface area (Å²) >= 11 is 7.20. The standard InChI is InChI=1S/C12H17ClN2O3S.ClH/c1-2-5-15(8-12(17)18)7-11(16)14-6-9-3-4-10(13)19-9;/h3-4H,2,5-8H2,1H3,(H,14,16)(H,17,18);1H. The Morgan fingerprint density at radius 2 is 2.10 bits per heavy atom. The second-order valence-corrected chi connectivity index (χ2v) is 5.89. The molecule has 0 spiro atoms. The van der Waals surface area contributed by atoms with Gasteiger partial charge in [-0.05, 0) is 25.1 Å². The van der Waals surface area contributed by atoms with Gasteiger partial charge >= 0.3 is 5.97 Å². The Balaban J connectivity index is 0.00000361. The molecule has 0 aliphatic rings. The molecule has 0 saturated heterocycles. The van der Waals surface area contributed by atoms with Crippen molar-refractivity contribution in [3.63, 3.8) is 0 Å². The second-order valence-electron chi connectivity index (χ2n) is 4.09. The average Bonchev–Trinajstić information content (AvgIpc) is 2.72. The molecule has 1 heterocycles. The van der Waals surface area contributed by atoms with E-state index in [-0.39, 0.29) is 31.4 Å². The van der Waals surface area contributed by atoms with Gasteiger partial charge in [-0.25, -0.2) is 0 Å². The Morgan fingerprint density at radius 3 is 2.60 bits per heavy atom. The lowest BCUT2D eigenvalue weighted by Crippen LogP contribution is -2.39. The number of carboxylic acid groups (broad SMARTS) is 1. The molecule has 8 heteroatoms. The molecular formula is C12H18Cl2N2O3S. The lowest BCUT2D eigenvalue weighted by molar-refractivity contribution is -0.138. The van der Waals surface area contributed by atoms with E-state index in [1.54, 1.807) is 11.0 Å². The Hall–Kier alpha value is -0.820. The van der Waals surface area contributed by atoms with Gasteiger partial charge in [0.05, 0.1) is 24.0 Å². The molecule has 0 fully saturated rings. The van der Waals surface area contributed by atoms with E-state index in [1.165, 1.54) is 11.3 Å². The lowest BCUT2D eigenvalue weighted by atomic mass is 10.3. The van der Waals surface area contributed by atoms with Crippen LogP contribution in [0.25, 0.3) is 0 Å². The van der Waals surface area contributed by atoms with Gasteiger partial charge in [-0.2, -0.15) is 0 Å². The number of nitrogens with zero attached hydrogens (tertiary/aromatic N) is 1. The fourth-order valence-electron chi connectivity index (χ4n) is 1.61. The third kappa shape index (κ3) is 7.69. The van der Waals surface area contributed by atoms with Crippen LogP contribution in [-0.4, -0.2) is 41.5 Å². The number of aliphatic carboxylic acids is 1. The maximum absolute atomic E-state index is 11.7. The van der Waals surface area contributed by atoms with Crippen molar-refractivity contribution in [2.75, 3.05) is 19.6 Å². The van der Waals surface area contributed by atoms with Crippen molar-refractivity contribution in [3.05, 3.63) is 21.3 Å². The first-order valence-electron chi connectivity index (χ1n) is 5.96. The average molecular weight is 341 g/mol. The minimum absolute atomic E-state index is 0. The number of hydrogen-bond acceptors (Lipinski definition) is 4. The van der Waals surface area contributed by atoms with Crippen LogP contribution >= 0.6 is 35.3 Å². The highest BCUT2D eigenvalue weighted by atomic mass is 35.5. The molecule has 0 aromatic carbocycles. The van der Waals surface area contributed by atoms with Crippen LogP contribution in [0.15, 0.2) is 12.1 Å². The van der Waals surface area contributed by atoms with Crippen LogP contribution < -0.4 is 5.32 Å². The van der Waals surface area contributed by atoms with Crippen LogP contribution in [0, 0.1) is 0 Å². The minimum Gasteiger partial charge on any atom is -0.480 e. The summed E-state index contributed by atoms with van der Waals surface area (Å²) in [5, 5.41) is 11.5. The summed E-state index contributed by atoms with van der Waals surface area (Å²) in [6, 6.07) is 3.63. The molecule has 0 atom stereocenters. The minimum atomic E-state index is -0.925. The number of carbonyl (C=O) groups excluding carboxylic acids is 1. The highest BCUT2D eigenvalue weighted by Gasteiger charge is 2.13. The third-order valence-electron chi connectivity index (χ3n) is 2.35. The molecule has 20 heavy (non-hydrogen) atoms. The quantitative estimate of drug-likeness (QED) is 0.761. The van der Waals surface area contributed by atoms with Crippen molar-refractivity contribution >= 4 is 47.2 Å². The molecule has 5 nitrogen and oxygen atoms in total. The first-order chi connectivity index (χ1) is 9.01. The second kappa shape index (κ2) is 9.99. The Labute approximate surface area is 133 Å². The van der Waals surface area contributed by atoms with Gasteiger partial charge in [-0.3, -0.25) is 14.5 Å². The predicted octanol–water partition coefficient (Wildman–Crippen LogP) is 2.24. The zero-order chi connectivity index (χ0) is 14.3. The van der Waals surface area contributed by atoms with Gasteiger partial charge in [-0.1, -0.05) is 18.5 Å². The summed E-state index contributed by atoms with van der Waals surface area (Å²) < 4.78 is 0.683. The van der Waals surface area contributed by atoms with Gasteiger partial charge in [0.2, 0.25) is 5.91 Å². The fraction of sp³-hybridized carbons (Fsp3) is 0.500. The van der Waals surface area contributed by atoms with E-state index in [4.69, 9.17) is 16.7 Å². The number of carbonyl (C=O) groups is 2. The summed E-state index contributed by atoms with van der Waals surface area (Å²) in [6.45, 7) is 2.93. The molecule has 1 aromatic heterocycles. The molecule has 2 N–H and O–H groups in total. The lowest BCUT2D eigenvalue weighted by Gasteiger charge is -2.18. The van der Waals surface area contributed by atoms with Crippen molar-refractivity contribution in [2.24, 2.45) is 0 Å². The molecule has 0 bridgehead atoms. The first-order valence-corrected chi connectivity index (χ1v) is 7.15. The molecule has 0 saturated carbocycles. The van der Waals surface area contributed by atoms with E-state index in [2.05, 4.69) is 5.32 Å². The smallest absolute Gasteiger partial charge is 0.317 e. The van der Waals surface area contributed by atoms with Gasteiger partial charge in [0.1, 0.15) is 0 Å². The van der Waals surface area contributed by atoms with Crippen molar-refractivity contribution < 1.29 is 14.7 Å². The molecule has 0 aliphatic carbocycles. The van der Waals surface area contributed by atoms with Gasteiger partial charge in [0.25, 0.3) is 0 Å². The largest absolute Gasteiger partial charge is 0.480 e. The number of hydrogen-bond donors (Lipinski definition) is 2. The topological polar surface area (TPSA) is 69.6 Å². The zero-order valence-corrected chi connectivity index (χ0v) is 13.5. The molecular weight excluding hydrogens is 323 g/mol. The summed E-state index contributed by atoms with van der Waals surface area (Å²) in [5.74, 6) is -1.11. The van der Waals surface area contributed by atoms with E-state index in [0.29, 0.717) is 17.4 Å². The van der Waals surface area contributed by atoms with Gasteiger partial charge in [0.15, 0.2) is 0 Å². The van der Waals surface area contributed by atoms with Gasteiger partial charge in [-0.15, -0.1) is 23.7 Å². The number of thiophene rings is 1. The van der Waals surface area contributed by atoms with E-state index < -0.39 is 5.97 Å². The van der Waals surface area contributed by atoms with Gasteiger partial charge < -0.3 is 10.4 Å². The van der Waals surface area contributed by atoms with Crippen molar-refractivity contribution in [1.82, 2.24) is 10.2 Å². The zero-order valence-electron chi connectivity index (χ0n) is 11.1. The SMILES string of the molecule is CCCN(CC(=O)O)CC(=O)NCc1ccc(Cl)s1.Cl. The summed E-state index contributed by atoms with van der Waals surface area (Å²) in [6.07, 6.45) is 0.807. The maximum atomic E-state index is 11.7.